The first-order valence-electron chi connectivity index (χ1n) is 4.34. The summed E-state index contributed by atoms with van der Waals surface area (Å²) in [6.07, 6.45) is 3.28. The summed E-state index contributed by atoms with van der Waals surface area (Å²) in [4.78, 5) is 12.3. The van der Waals surface area contributed by atoms with Gasteiger partial charge in [0.1, 0.15) is 0 Å². The van der Waals surface area contributed by atoms with Crippen LogP contribution in [0.25, 0.3) is 5.95 Å². The summed E-state index contributed by atoms with van der Waals surface area (Å²) in [6.45, 7) is 1.83. The first-order chi connectivity index (χ1) is 7.18. The lowest BCUT2D eigenvalue weighted by Gasteiger charge is -2.05. The van der Waals surface area contributed by atoms with Crippen molar-refractivity contribution in [2.75, 3.05) is 0 Å². The van der Waals surface area contributed by atoms with Crippen molar-refractivity contribution in [2.24, 2.45) is 5.73 Å². The maximum atomic E-state index is 5.77. The standard InChI is InChI=1S/C8H9BrN6.ClH/c1-5(10)6-13-7(9)14-15(6)8-11-3-2-4-12-8;/h2-5H,10H2,1H3;1H/t5-;/m0./s1. The molecule has 0 aromatic carbocycles. The smallest absolute Gasteiger partial charge is 0.252 e. The van der Waals surface area contributed by atoms with Crippen LogP contribution in [0.5, 0.6) is 0 Å². The molecule has 8 heteroatoms. The molecule has 2 aromatic heterocycles. The van der Waals surface area contributed by atoms with Crippen molar-refractivity contribution in [1.29, 1.82) is 0 Å². The summed E-state index contributed by atoms with van der Waals surface area (Å²) in [7, 11) is 0. The predicted octanol–water partition coefficient (Wildman–Crippen LogP) is 1.26. The van der Waals surface area contributed by atoms with Gasteiger partial charge in [0.05, 0.1) is 6.04 Å². The summed E-state index contributed by atoms with van der Waals surface area (Å²) in [5.74, 6) is 1.08. The van der Waals surface area contributed by atoms with Crippen molar-refractivity contribution in [1.82, 2.24) is 24.7 Å². The summed E-state index contributed by atoms with van der Waals surface area (Å²) < 4.78 is 2.00. The second-order valence-electron chi connectivity index (χ2n) is 2.99. The summed E-state index contributed by atoms with van der Waals surface area (Å²) >= 11 is 3.19. The lowest BCUT2D eigenvalue weighted by molar-refractivity contribution is 0.668. The predicted molar refractivity (Wildman–Crippen MR) is 64.5 cm³/mol. The largest absolute Gasteiger partial charge is 0.322 e. The molecule has 0 amide bonds. The zero-order valence-electron chi connectivity index (χ0n) is 8.41. The molecule has 86 valence electrons. The highest BCUT2D eigenvalue weighted by atomic mass is 79.9. The van der Waals surface area contributed by atoms with Gasteiger partial charge in [-0.25, -0.2) is 15.0 Å². The Morgan fingerprint density at radius 1 is 1.38 bits per heavy atom. The quantitative estimate of drug-likeness (QED) is 0.903. The number of hydrogen-bond acceptors (Lipinski definition) is 5. The molecule has 1 atom stereocenters. The Kier molecular flexibility index (Phi) is 4.34. The van der Waals surface area contributed by atoms with Gasteiger partial charge in [-0.05, 0) is 28.9 Å². The lowest BCUT2D eigenvalue weighted by atomic mass is 10.3. The van der Waals surface area contributed by atoms with Crippen LogP contribution in [0.4, 0.5) is 0 Å². The van der Waals surface area contributed by atoms with Crippen molar-refractivity contribution >= 4 is 28.3 Å². The molecule has 0 aliphatic rings. The van der Waals surface area contributed by atoms with Gasteiger partial charge in [-0.1, -0.05) is 0 Å². The molecule has 0 saturated heterocycles. The van der Waals surface area contributed by atoms with Crippen molar-refractivity contribution in [3.63, 3.8) is 0 Å². The molecule has 2 aromatic rings. The minimum absolute atomic E-state index is 0. The van der Waals surface area contributed by atoms with Crippen LogP contribution in [0.3, 0.4) is 0 Å². The normalized spacial score (nSPS) is 11.9. The van der Waals surface area contributed by atoms with Gasteiger partial charge in [-0.15, -0.1) is 17.5 Å². The Bertz CT molecular complexity index is 457. The molecule has 0 fully saturated rings. The number of hydrogen-bond donors (Lipinski definition) is 1. The van der Waals surface area contributed by atoms with Gasteiger partial charge in [-0.3, -0.25) is 0 Å². The van der Waals surface area contributed by atoms with Gasteiger partial charge in [0.15, 0.2) is 5.82 Å². The van der Waals surface area contributed by atoms with Gasteiger partial charge >= 0.3 is 0 Å². The van der Waals surface area contributed by atoms with E-state index >= 15 is 0 Å². The van der Waals surface area contributed by atoms with E-state index in [-0.39, 0.29) is 18.4 Å². The molecule has 0 spiro atoms. The summed E-state index contributed by atoms with van der Waals surface area (Å²) in [6, 6.07) is 1.51. The van der Waals surface area contributed by atoms with E-state index in [1.54, 1.807) is 18.5 Å². The molecule has 0 unspecified atom stereocenters. The Hall–Kier alpha value is -1.05. The monoisotopic (exact) mass is 304 g/mol. The van der Waals surface area contributed by atoms with Gasteiger partial charge in [-0.2, -0.15) is 4.68 Å². The zero-order chi connectivity index (χ0) is 10.8. The van der Waals surface area contributed by atoms with Crippen LogP contribution in [0, 0.1) is 0 Å². The van der Waals surface area contributed by atoms with Crippen LogP contribution in [0.15, 0.2) is 23.2 Å². The van der Waals surface area contributed by atoms with Crippen LogP contribution >= 0.6 is 28.3 Å². The van der Waals surface area contributed by atoms with E-state index in [0.29, 0.717) is 16.5 Å². The fraction of sp³-hybridized carbons (Fsp3) is 0.250. The number of aromatic nitrogens is 5. The number of nitrogens with two attached hydrogens (primary N) is 1. The molecular weight excluding hydrogens is 295 g/mol. The number of rotatable bonds is 2. The first-order valence-corrected chi connectivity index (χ1v) is 5.13. The fourth-order valence-corrected chi connectivity index (χ4v) is 1.48. The third kappa shape index (κ3) is 2.55. The molecule has 2 N–H and O–H groups in total. The third-order valence-electron chi connectivity index (χ3n) is 1.76. The number of nitrogens with zero attached hydrogens (tertiary/aromatic N) is 5. The van der Waals surface area contributed by atoms with E-state index in [9.17, 15) is 0 Å². The molecule has 0 bridgehead atoms. The van der Waals surface area contributed by atoms with Crippen LogP contribution in [0.2, 0.25) is 0 Å². The molecule has 0 aliphatic heterocycles. The molecule has 2 rings (SSSR count). The van der Waals surface area contributed by atoms with E-state index < -0.39 is 0 Å². The molecule has 0 radical (unpaired) electrons. The van der Waals surface area contributed by atoms with Crippen molar-refractivity contribution in [2.45, 2.75) is 13.0 Å². The molecule has 6 nitrogen and oxygen atoms in total. The van der Waals surface area contributed by atoms with Crippen molar-refractivity contribution in [3.05, 3.63) is 29.0 Å². The van der Waals surface area contributed by atoms with Crippen LogP contribution in [-0.2, 0) is 0 Å². The van der Waals surface area contributed by atoms with E-state index in [1.807, 2.05) is 6.92 Å². The minimum Gasteiger partial charge on any atom is -0.322 e. The highest BCUT2D eigenvalue weighted by molar-refractivity contribution is 9.10. The van der Waals surface area contributed by atoms with Gasteiger partial charge < -0.3 is 5.73 Å². The van der Waals surface area contributed by atoms with Gasteiger partial charge in [0, 0.05) is 12.4 Å². The average Bonchev–Trinajstić information content (AvgIpc) is 2.62. The highest BCUT2D eigenvalue weighted by Crippen LogP contribution is 2.13. The van der Waals surface area contributed by atoms with E-state index in [4.69, 9.17) is 5.73 Å². The van der Waals surface area contributed by atoms with E-state index in [0.717, 1.165) is 0 Å². The molecule has 2 heterocycles. The Labute approximate surface area is 107 Å². The van der Waals surface area contributed by atoms with Crippen molar-refractivity contribution < 1.29 is 0 Å². The fourth-order valence-electron chi connectivity index (χ4n) is 1.14. The van der Waals surface area contributed by atoms with E-state index in [2.05, 4.69) is 36.0 Å². The second-order valence-corrected chi connectivity index (χ2v) is 3.70. The minimum atomic E-state index is -0.229. The first kappa shape index (κ1) is 13.0. The second kappa shape index (κ2) is 5.33. The molecule has 0 aliphatic carbocycles. The van der Waals surface area contributed by atoms with Crippen LogP contribution in [-0.4, -0.2) is 24.7 Å². The Morgan fingerprint density at radius 2 is 2.00 bits per heavy atom. The molecular formula is C8H10BrClN6. The maximum absolute atomic E-state index is 5.77. The van der Waals surface area contributed by atoms with Crippen LogP contribution in [0.1, 0.15) is 18.8 Å². The third-order valence-corrected chi connectivity index (χ3v) is 2.09. The zero-order valence-corrected chi connectivity index (χ0v) is 10.8. The Balaban J connectivity index is 0.00000128. The Morgan fingerprint density at radius 3 is 2.56 bits per heavy atom. The van der Waals surface area contributed by atoms with Gasteiger partial charge in [0.25, 0.3) is 5.95 Å². The number of halogens is 2. The lowest BCUT2D eigenvalue weighted by Crippen LogP contribution is -2.14. The van der Waals surface area contributed by atoms with Crippen molar-refractivity contribution in [3.8, 4) is 5.95 Å². The highest BCUT2D eigenvalue weighted by Gasteiger charge is 2.14. The van der Waals surface area contributed by atoms with Gasteiger partial charge in [0.2, 0.25) is 4.73 Å². The SMILES string of the molecule is C[C@H](N)c1nc(Br)nn1-c1ncccn1.Cl. The summed E-state index contributed by atoms with van der Waals surface area (Å²) in [5, 5.41) is 4.12. The molecule has 16 heavy (non-hydrogen) atoms. The van der Waals surface area contributed by atoms with E-state index in [1.165, 1.54) is 4.68 Å². The average molecular weight is 306 g/mol. The van der Waals surface area contributed by atoms with Crippen LogP contribution < -0.4 is 5.73 Å². The maximum Gasteiger partial charge on any atom is 0.252 e. The molecule has 0 saturated carbocycles. The summed E-state index contributed by atoms with van der Waals surface area (Å²) in [5.41, 5.74) is 5.77. The topological polar surface area (TPSA) is 82.5 Å².